The van der Waals surface area contributed by atoms with Gasteiger partial charge < -0.3 is 10.6 Å². The maximum Gasteiger partial charge on any atom is 0.313 e. The zero-order valence-electron chi connectivity index (χ0n) is 11.5. The topological polar surface area (TPSA) is 58.2 Å². The molecule has 0 unspecified atom stereocenters. The molecule has 1 aromatic carbocycles. The molecule has 0 bridgehead atoms. The number of rotatable bonds is 2. The molecular weight excluding hydrogens is 320 g/mol. The molecule has 0 radical (unpaired) electrons. The Kier molecular flexibility index (Phi) is 5.17. The van der Waals surface area contributed by atoms with Gasteiger partial charge in [-0.3, -0.25) is 9.59 Å². The molecule has 1 saturated carbocycles. The van der Waals surface area contributed by atoms with Crippen LogP contribution in [0.3, 0.4) is 0 Å². The van der Waals surface area contributed by atoms with Crippen molar-refractivity contribution in [2.75, 3.05) is 5.32 Å². The summed E-state index contributed by atoms with van der Waals surface area (Å²) in [5.74, 6) is -0.726. The Morgan fingerprint density at radius 3 is 2.65 bits per heavy atom. The van der Waals surface area contributed by atoms with Gasteiger partial charge in [-0.2, -0.15) is 0 Å². The molecule has 1 aromatic rings. The summed E-state index contributed by atoms with van der Waals surface area (Å²) in [6.45, 7) is 2.12. The number of nitrogens with one attached hydrogen (secondary N) is 2. The van der Waals surface area contributed by atoms with Crippen molar-refractivity contribution in [3.63, 3.8) is 0 Å². The van der Waals surface area contributed by atoms with Gasteiger partial charge in [0, 0.05) is 16.2 Å². The second kappa shape index (κ2) is 6.88. The fourth-order valence-electron chi connectivity index (χ4n) is 2.52. The van der Waals surface area contributed by atoms with E-state index in [9.17, 15) is 9.59 Å². The predicted octanol–water partition coefficient (Wildman–Crippen LogP) is 3.08. The van der Waals surface area contributed by atoms with Gasteiger partial charge in [0.1, 0.15) is 0 Å². The second-order valence-electron chi connectivity index (χ2n) is 5.31. The minimum absolute atomic E-state index is 0.115. The third kappa shape index (κ3) is 4.07. The zero-order chi connectivity index (χ0) is 14.5. The lowest BCUT2D eigenvalue weighted by Gasteiger charge is -2.29. The molecule has 2 N–H and O–H groups in total. The van der Waals surface area contributed by atoms with Crippen LogP contribution in [0, 0.1) is 5.92 Å². The lowest BCUT2D eigenvalue weighted by molar-refractivity contribution is -0.137. The van der Waals surface area contributed by atoms with Gasteiger partial charge in [-0.15, -0.1) is 0 Å². The average Bonchev–Trinajstić information content (AvgIpc) is 2.41. The van der Waals surface area contributed by atoms with Crippen LogP contribution >= 0.6 is 15.9 Å². The monoisotopic (exact) mass is 338 g/mol. The molecule has 0 spiro atoms. The first-order valence-corrected chi connectivity index (χ1v) is 7.73. The number of anilines is 1. The summed E-state index contributed by atoms with van der Waals surface area (Å²) in [6.07, 6.45) is 4.38. The first-order chi connectivity index (χ1) is 9.56. The van der Waals surface area contributed by atoms with Crippen LogP contribution in [-0.2, 0) is 9.59 Å². The maximum atomic E-state index is 11.9. The lowest BCUT2D eigenvalue weighted by Crippen LogP contribution is -2.45. The fraction of sp³-hybridized carbons (Fsp3) is 0.467. The van der Waals surface area contributed by atoms with Crippen molar-refractivity contribution in [1.29, 1.82) is 0 Å². The Balaban J connectivity index is 1.90. The van der Waals surface area contributed by atoms with Crippen LogP contribution in [-0.4, -0.2) is 17.9 Å². The van der Waals surface area contributed by atoms with Crippen molar-refractivity contribution in [2.45, 2.75) is 38.6 Å². The SMILES string of the molecule is C[C@@H]1CCCC[C@H]1NC(=O)C(=O)Nc1cccc(Br)c1. The number of carbonyl (C=O) groups is 2. The van der Waals surface area contributed by atoms with Crippen LogP contribution in [0.15, 0.2) is 28.7 Å². The largest absolute Gasteiger partial charge is 0.345 e. The number of hydrogen-bond acceptors (Lipinski definition) is 2. The molecule has 2 atom stereocenters. The van der Waals surface area contributed by atoms with Gasteiger partial charge in [-0.05, 0) is 37.0 Å². The summed E-state index contributed by atoms with van der Waals surface area (Å²) in [5, 5.41) is 5.45. The Morgan fingerprint density at radius 2 is 1.95 bits per heavy atom. The molecule has 0 aliphatic heterocycles. The van der Waals surface area contributed by atoms with Crippen LogP contribution in [0.1, 0.15) is 32.6 Å². The van der Waals surface area contributed by atoms with E-state index < -0.39 is 11.8 Å². The van der Waals surface area contributed by atoms with E-state index in [1.807, 2.05) is 6.07 Å². The third-order valence-corrected chi connectivity index (χ3v) is 4.21. The van der Waals surface area contributed by atoms with Gasteiger partial charge in [0.15, 0.2) is 0 Å². The molecule has 108 valence electrons. The zero-order valence-corrected chi connectivity index (χ0v) is 13.1. The van der Waals surface area contributed by atoms with Gasteiger partial charge in [0.25, 0.3) is 0 Å². The first-order valence-electron chi connectivity index (χ1n) is 6.93. The molecule has 0 aromatic heterocycles. The minimum atomic E-state index is -0.610. The van der Waals surface area contributed by atoms with Crippen molar-refractivity contribution in [1.82, 2.24) is 5.32 Å². The highest BCUT2D eigenvalue weighted by molar-refractivity contribution is 9.10. The fourth-order valence-corrected chi connectivity index (χ4v) is 2.92. The minimum Gasteiger partial charge on any atom is -0.345 e. The van der Waals surface area contributed by atoms with Gasteiger partial charge in [-0.1, -0.05) is 41.8 Å². The van der Waals surface area contributed by atoms with Crippen molar-refractivity contribution >= 4 is 33.4 Å². The van der Waals surface area contributed by atoms with Crippen LogP contribution < -0.4 is 10.6 Å². The van der Waals surface area contributed by atoms with E-state index in [0.29, 0.717) is 11.6 Å². The highest BCUT2D eigenvalue weighted by Crippen LogP contribution is 2.23. The molecule has 5 heteroatoms. The van der Waals surface area contributed by atoms with Gasteiger partial charge in [0.2, 0.25) is 0 Å². The quantitative estimate of drug-likeness (QED) is 0.814. The smallest absolute Gasteiger partial charge is 0.313 e. The van der Waals surface area contributed by atoms with Crippen LogP contribution in [0.25, 0.3) is 0 Å². The lowest BCUT2D eigenvalue weighted by atomic mass is 9.86. The highest BCUT2D eigenvalue weighted by Gasteiger charge is 2.25. The van der Waals surface area contributed by atoms with Crippen molar-refractivity contribution in [3.8, 4) is 0 Å². The van der Waals surface area contributed by atoms with Gasteiger partial charge in [-0.25, -0.2) is 0 Å². The number of amides is 2. The highest BCUT2D eigenvalue weighted by atomic mass is 79.9. The molecule has 2 amide bonds. The van der Waals surface area contributed by atoms with Crippen LogP contribution in [0.4, 0.5) is 5.69 Å². The second-order valence-corrected chi connectivity index (χ2v) is 6.22. The van der Waals surface area contributed by atoms with Crippen LogP contribution in [0.5, 0.6) is 0 Å². The normalized spacial score (nSPS) is 22.1. The molecule has 1 fully saturated rings. The Morgan fingerprint density at radius 1 is 1.20 bits per heavy atom. The number of carbonyl (C=O) groups excluding carboxylic acids is 2. The third-order valence-electron chi connectivity index (χ3n) is 3.72. The van der Waals surface area contributed by atoms with E-state index in [-0.39, 0.29) is 6.04 Å². The van der Waals surface area contributed by atoms with Crippen molar-refractivity contribution in [3.05, 3.63) is 28.7 Å². The average molecular weight is 339 g/mol. The molecular formula is C15H19BrN2O2. The number of benzene rings is 1. The van der Waals surface area contributed by atoms with E-state index in [1.165, 1.54) is 6.42 Å². The summed E-state index contributed by atoms with van der Waals surface area (Å²) < 4.78 is 0.858. The van der Waals surface area contributed by atoms with E-state index in [2.05, 4.69) is 33.5 Å². The Labute approximate surface area is 127 Å². The summed E-state index contributed by atoms with van der Waals surface area (Å²) in [6, 6.07) is 7.29. The molecule has 4 nitrogen and oxygen atoms in total. The summed E-state index contributed by atoms with van der Waals surface area (Å²) in [4.78, 5) is 23.8. The first kappa shape index (κ1) is 15.0. The molecule has 1 aliphatic carbocycles. The molecule has 0 saturated heterocycles. The predicted molar refractivity (Wildman–Crippen MR) is 82.3 cm³/mol. The van der Waals surface area contributed by atoms with Gasteiger partial charge >= 0.3 is 11.8 Å². The maximum absolute atomic E-state index is 11.9. The van der Waals surface area contributed by atoms with E-state index >= 15 is 0 Å². The van der Waals surface area contributed by atoms with Crippen LogP contribution in [0.2, 0.25) is 0 Å². The van der Waals surface area contributed by atoms with Gasteiger partial charge in [0.05, 0.1) is 0 Å². The Hall–Kier alpha value is -1.36. The van der Waals surface area contributed by atoms with Crippen molar-refractivity contribution < 1.29 is 9.59 Å². The van der Waals surface area contributed by atoms with E-state index in [4.69, 9.17) is 0 Å². The molecule has 2 rings (SSSR count). The van der Waals surface area contributed by atoms with E-state index in [1.54, 1.807) is 18.2 Å². The Bertz CT molecular complexity index is 504. The summed E-state index contributed by atoms with van der Waals surface area (Å²) >= 11 is 3.32. The number of hydrogen-bond donors (Lipinski definition) is 2. The molecule has 20 heavy (non-hydrogen) atoms. The van der Waals surface area contributed by atoms with E-state index in [0.717, 1.165) is 23.7 Å². The number of halogens is 1. The standard InChI is InChI=1S/C15H19BrN2O2/c1-10-5-2-3-8-13(10)18-15(20)14(19)17-12-7-4-6-11(16)9-12/h4,6-7,9-10,13H,2-3,5,8H2,1H3,(H,17,19)(H,18,20)/t10-,13-/m1/s1. The molecule has 0 heterocycles. The summed E-state index contributed by atoms with van der Waals surface area (Å²) in [5.41, 5.74) is 0.608. The van der Waals surface area contributed by atoms with Crippen molar-refractivity contribution in [2.24, 2.45) is 5.92 Å². The molecule has 1 aliphatic rings. The summed E-state index contributed by atoms with van der Waals surface area (Å²) in [7, 11) is 0.